The molecule has 5 aliphatic carbocycles. The van der Waals surface area contributed by atoms with Crippen molar-refractivity contribution >= 4 is 5.97 Å². The number of benzene rings is 1. The Labute approximate surface area is 294 Å². The molecule has 5 aliphatic rings. The molecule has 48 heavy (non-hydrogen) atoms. The standard InChI is InChI=1S/C43H71N3O2/c1-29(2)32-17-22-43(46(26-25-44-8)28-27-45(9)10)24-23-41(6)34(37(32)43)15-16-36-40(5)20-18-33(30-11-13-31(14-12-30)38(47)48)39(3,4)35(40)19-21-42(36,41)7/h11-14,29,32-37,44H,15-28H2,1-10H3,(H,47,48). The van der Waals surface area contributed by atoms with Gasteiger partial charge in [-0.2, -0.15) is 0 Å². The minimum absolute atomic E-state index is 0.187. The van der Waals surface area contributed by atoms with Crippen LogP contribution in [0.5, 0.6) is 0 Å². The molecule has 270 valence electrons. The van der Waals surface area contributed by atoms with Gasteiger partial charge in [-0.25, -0.2) is 4.79 Å². The van der Waals surface area contributed by atoms with E-state index in [1.165, 1.54) is 82.9 Å². The van der Waals surface area contributed by atoms with Crippen LogP contribution in [0.3, 0.4) is 0 Å². The van der Waals surface area contributed by atoms with Gasteiger partial charge in [0.05, 0.1) is 5.56 Å². The lowest BCUT2D eigenvalue weighted by molar-refractivity contribution is -0.242. The van der Waals surface area contributed by atoms with Gasteiger partial charge in [0.25, 0.3) is 0 Å². The summed E-state index contributed by atoms with van der Waals surface area (Å²) in [5.41, 5.74) is 3.41. The van der Waals surface area contributed by atoms with E-state index in [2.05, 4.69) is 96.9 Å². The molecule has 10 atom stereocenters. The maximum atomic E-state index is 11.6. The Balaban J connectivity index is 1.32. The van der Waals surface area contributed by atoms with Gasteiger partial charge in [0.15, 0.2) is 0 Å². The normalized spacial score (nSPS) is 41.9. The van der Waals surface area contributed by atoms with Crippen LogP contribution in [0.15, 0.2) is 24.3 Å². The Bertz CT molecular complexity index is 1310. The number of fused-ring (bicyclic) bond motifs is 7. The van der Waals surface area contributed by atoms with E-state index in [1.807, 2.05) is 12.1 Å². The van der Waals surface area contributed by atoms with Gasteiger partial charge >= 0.3 is 5.97 Å². The Morgan fingerprint density at radius 2 is 1.54 bits per heavy atom. The number of nitrogens with one attached hydrogen (secondary N) is 1. The molecule has 10 unspecified atom stereocenters. The first-order chi connectivity index (χ1) is 22.6. The predicted octanol–water partition coefficient (Wildman–Crippen LogP) is 9.04. The highest BCUT2D eigenvalue weighted by Crippen LogP contribution is 2.77. The van der Waals surface area contributed by atoms with Crippen LogP contribution in [0, 0.1) is 57.2 Å². The molecule has 2 N–H and O–H groups in total. The first-order valence-electron chi connectivity index (χ1n) is 19.9. The third-order valence-corrected chi connectivity index (χ3v) is 17.0. The third-order valence-electron chi connectivity index (χ3n) is 17.0. The molecular formula is C43H71N3O2. The molecule has 0 bridgehead atoms. The SMILES string of the molecule is CNCCN(CCN(C)C)C12CCC(C(C)C)C1C1CCC3C4(C)CCC(c5ccc(C(=O)O)cc5)C(C)(C)C4CCC3(C)C1(C)CC2. The van der Waals surface area contributed by atoms with Crippen LogP contribution in [0.25, 0.3) is 0 Å². The molecule has 0 radical (unpaired) electrons. The average molecular weight is 662 g/mol. The fourth-order valence-corrected chi connectivity index (χ4v) is 14.5. The predicted molar refractivity (Wildman–Crippen MR) is 199 cm³/mol. The van der Waals surface area contributed by atoms with Crippen LogP contribution < -0.4 is 5.32 Å². The van der Waals surface area contributed by atoms with E-state index in [-0.39, 0.29) is 5.41 Å². The molecule has 1 aromatic carbocycles. The van der Waals surface area contributed by atoms with Crippen molar-refractivity contribution in [2.45, 2.75) is 124 Å². The number of carboxylic acids is 1. The summed E-state index contributed by atoms with van der Waals surface area (Å²) in [6.45, 7) is 23.1. The van der Waals surface area contributed by atoms with Gasteiger partial charge in [0, 0.05) is 31.7 Å². The number of aromatic carboxylic acids is 1. The Morgan fingerprint density at radius 3 is 2.17 bits per heavy atom. The van der Waals surface area contributed by atoms with Crippen molar-refractivity contribution in [3.05, 3.63) is 35.4 Å². The number of hydrogen-bond donors (Lipinski definition) is 2. The van der Waals surface area contributed by atoms with Crippen LogP contribution in [0.1, 0.15) is 135 Å². The molecule has 0 aliphatic heterocycles. The molecule has 5 saturated carbocycles. The molecule has 0 amide bonds. The number of likely N-dealkylation sites (N-methyl/N-ethyl adjacent to an activating group) is 2. The van der Waals surface area contributed by atoms with E-state index in [1.54, 1.807) is 0 Å². The summed E-state index contributed by atoms with van der Waals surface area (Å²) < 4.78 is 0. The molecule has 5 nitrogen and oxygen atoms in total. The van der Waals surface area contributed by atoms with Crippen LogP contribution >= 0.6 is 0 Å². The molecule has 5 fully saturated rings. The van der Waals surface area contributed by atoms with Crippen LogP contribution in [0.2, 0.25) is 0 Å². The lowest BCUT2D eigenvalue weighted by Crippen LogP contribution is -2.69. The largest absolute Gasteiger partial charge is 0.478 e. The van der Waals surface area contributed by atoms with Gasteiger partial charge in [-0.05, 0) is 166 Å². The van der Waals surface area contributed by atoms with E-state index >= 15 is 0 Å². The molecular weight excluding hydrogens is 590 g/mol. The second kappa shape index (κ2) is 13.0. The number of carboxylic acid groups (broad SMARTS) is 1. The monoisotopic (exact) mass is 662 g/mol. The third kappa shape index (κ3) is 5.45. The second-order valence-corrected chi connectivity index (χ2v) is 19.5. The first-order valence-corrected chi connectivity index (χ1v) is 19.9. The average Bonchev–Trinajstić information content (AvgIpc) is 3.42. The Kier molecular flexibility index (Phi) is 9.82. The van der Waals surface area contributed by atoms with Crippen LogP contribution in [0.4, 0.5) is 0 Å². The van der Waals surface area contributed by atoms with Crippen LogP contribution in [-0.4, -0.2) is 73.7 Å². The van der Waals surface area contributed by atoms with Gasteiger partial charge < -0.3 is 15.3 Å². The number of nitrogens with zero attached hydrogens (tertiary/aromatic N) is 2. The second-order valence-electron chi connectivity index (χ2n) is 19.5. The van der Waals surface area contributed by atoms with Crippen LogP contribution in [-0.2, 0) is 0 Å². The van der Waals surface area contributed by atoms with Gasteiger partial charge in [-0.15, -0.1) is 0 Å². The highest BCUT2D eigenvalue weighted by molar-refractivity contribution is 5.87. The van der Waals surface area contributed by atoms with E-state index in [9.17, 15) is 9.90 Å². The fraction of sp³-hybridized carbons (Fsp3) is 0.837. The van der Waals surface area contributed by atoms with Gasteiger partial charge in [-0.1, -0.05) is 60.6 Å². The summed E-state index contributed by atoms with van der Waals surface area (Å²) in [6, 6.07) is 7.91. The Morgan fingerprint density at radius 1 is 0.833 bits per heavy atom. The molecule has 0 saturated heterocycles. The summed E-state index contributed by atoms with van der Waals surface area (Å²) in [7, 11) is 6.63. The topological polar surface area (TPSA) is 55.8 Å². The highest BCUT2D eigenvalue weighted by Gasteiger charge is 2.71. The number of rotatable bonds is 10. The quantitative estimate of drug-likeness (QED) is 0.262. The zero-order chi connectivity index (χ0) is 34.9. The lowest BCUT2D eigenvalue weighted by Gasteiger charge is -2.73. The smallest absolute Gasteiger partial charge is 0.335 e. The summed E-state index contributed by atoms with van der Waals surface area (Å²) in [5.74, 6) is 4.33. The molecule has 5 heteroatoms. The summed E-state index contributed by atoms with van der Waals surface area (Å²) in [5, 5.41) is 13.0. The van der Waals surface area contributed by atoms with Crippen molar-refractivity contribution in [3.8, 4) is 0 Å². The maximum absolute atomic E-state index is 11.6. The zero-order valence-electron chi connectivity index (χ0n) is 32.5. The molecule has 6 rings (SSSR count). The number of carbonyl (C=O) groups is 1. The maximum Gasteiger partial charge on any atom is 0.335 e. The lowest BCUT2D eigenvalue weighted by atomic mass is 9.32. The van der Waals surface area contributed by atoms with E-state index in [0.29, 0.717) is 39.2 Å². The van der Waals surface area contributed by atoms with E-state index < -0.39 is 5.97 Å². The van der Waals surface area contributed by atoms with E-state index in [0.717, 1.165) is 42.7 Å². The molecule has 0 heterocycles. The summed E-state index contributed by atoms with van der Waals surface area (Å²) in [4.78, 5) is 17.0. The van der Waals surface area contributed by atoms with Gasteiger partial charge in [-0.3, -0.25) is 4.90 Å². The van der Waals surface area contributed by atoms with Crippen molar-refractivity contribution in [2.24, 2.45) is 57.2 Å². The molecule has 1 aromatic rings. The minimum Gasteiger partial charge on any atom is -0.478 e. The molecule has 0 spiro atoms. The summed E-state index contributed by atoms with van der Waals surface area (Å²) in [6.07, 6.45) is 13.6. The van der Waals surface area contributed by atoms with Crippen molar-refractivity contribution < 1.29 is 9.90 Å². The Hall–Kier alpha value is -1.43. The summed E-state index contributed by atoms with van der Waals surface area (Å²) >= 11 is 0. The fourth-order valence-electron chi connectivity index (χ4n) is 14.5. The first kappa shape index (κ1) is 36.4. The van der Waals surface area contributed by atoms with Gasteiger partial charge in [0.1, 0.15) is 0 Å². The number of hydrogen-bond acceptors (Lipinski definition) is 4. The minimum atomic E-state index is -0.829. The zero-order valence-corrected chi connectivity index (χ0v) is 32.5. The van der Waals surface area contributed by atoms with Crippen molar-refractivity contribution in [2.75, 3.05) is 47.3 Å². The van der Waals surface area contributed by atoms with Gasteiger partial charge in [0.2, 0.25) is 0 Å². The highest BCUT2D eigenvalue weighted by atomic mass is 16.4. The van der Waals surface area contributed by atoms with Crippen molar-refractivity contribution in [3.63, 3.8) is 0 Å². The van der Waals surface area contributed by atoms with E-state index in [4.69, 9.17) is 0 Å². The van der Waals surface area contributed by atoms with Crippen molar-refractivity contribution in [1.29, 1.82) is 0 Å². The molecule has 0 aromatic heterocycles. The van der Waals surface area contributed by atoms with Crippen molar-refractivity contribution in [1.82, 2.24) is 15.1 Å².